The number of carbonyl (C=O) groups excluding carboxylic acids is 1. The molecule has 2 aromatic heterocycles. The van der Waals surface area contributed by atoms with E-state index in [0.717, 1.165) is 30.0 Å². The Labute approximate surface area is 194 Å². The average Bonchev–Trinajstić information content (AvgIpc) is 3.22. The van der Waals surface area contributed by atoms with E-state index in [1.807, 2.05) is 53.7 Å². The van der Waals surface area contributed by atoms with Gasteiger partial charge in [-0.3, -0.25) is 19.7 Å². The highest BCUT2D eigenvalue weighted by molar-refractivity contribution is 5.88. The number of morpholine rings is 1. The van der Waals surface area contributed by atoms with Crippen LogP contribution in [-0.2, 0) is 22.6 Å². The van der Waals surface area contributed by atoms with Gasteiger partial charge in [-0.25, -0.2) is 0 Å². The van der Waals surface area contributed by atoms with Gasteiger partial charge in [0, 0.05) is 63.4 Å². The van der Waals surface area contributed by atoms with E-state index in [2.05, 4.69) is 27.0 Å². The van der Waals surface area contributed by atoms with Crippen LogP contribution >= 0.6 is 0 Å². The normalized spacial score (nSPS) is 23.2. The molecule has 2 fully saturated rings. The van der Waals surface area contributed by atoms with Gasteiger partial charge in [0.1, 0.15) is 5.75 Å². The monoisotopic (exact) mass is 444 g/mol. The highest BCUT2D eigenvalue weighted by Gasteiger charge is 2.56. The van der Waals surface area contributed by atoms with E-state index >= 15 is 0 Å². The molecule has 4 heterocycles. The average molecular weight is 445 g/mol. The second-order valence-corrected chi connectivity index (χ2v) is 8.68. The molecule has 2 aliphatic rings. The zero-order valence-electron chi connectivity index (χ0n) is 18.8. The molecule has 3 aromatic rings. The Hall–Kier alpha value is -3.29. The van der Waals surface area contributed by atoms with Crippen molar-refractivity contribution >= 4 is 5.91 Å². The van der Waals surface area contributed by atoms with Crippen molar-refractivity contribution in [2.75, 3.05) is 33.4 Å². The lowest BCUT2D eigenvalue weighted by atomic mass is 9.83. The minimum atomic E-state index is -0.921. The number of ether oxygens (including phenoxy) is 2. The van der Waals surface area contributed by atoms with Crippen LogP contribution in [0, 0.1) is 0 Å². The summed E-state index contributed by atoms with van der Waals surface area (Å²) in [7, 11) is 1.67. The number of hydrogen-bond acceptors (Lipinski definition) is 6. The topological polar surface area (TPSA) is 67.8 Å². The van der Waals surface area contributed by atoms with Gasteiger partial charge in [0.15, 0.2) is 5.60 Å². The number of aromatic nitrogens is 2. The first-order valence-corrected chi connectivity index (χ1v) is 11.3. The van der Waals surface area contributed by atoms with E-state index in [1.165, 1.54) is 5.56 Å². The van der Waals surface area contributed by atoms with Gasteiger partial charge in [0.2, 0.25) is 0 Å². The smallest absolute Gasteiger partial charge is 0.257 e. The van der Waals surface area contributed by atoms with Crippen LogP contribution in [0.2, 0.25) is 0 Å². The molecule has 2 aliphatic heterocycles. The van der Waals surface area contributed by atoms with Gasteiger partial charge in [-0.1, -0.05) is 24.3 Å². The summed E-state index contributed by atoms with van der Waals surface area (Å²) < 4.78 is 11.7. The first-order chi connectivity index (χ1) is 16.2. The Morgan fingerprint density at radius 2 is 1.82 bits per heavy atom. The standard InChI is InChI=1S/C26H28N4O3/c1-32-23-8-6-20(7-9-23)16-29-18-24(22-5-3-11-28-15-22)26(19-29)25(31)30(12-13-33-26)17-21-4-2-10-27-14-21/h2-11,14-15,24H,12-13,16-19H2,1H3/t24-,26+/m1/s1. The second kappa shape index (κ2) is 9.29. The number of nitrogens with zero attached hydrogens (tertiary/aromatic N) is 4. The van der Waals surface area contributed by atoms with Gasteiger partial charge >= 0.3 is 0 Å². The third-order valence-corrected chi connectivity index (χ3v) is 6.58. The largest absolute Gasteiger partial charge is 0.497 e. The molecule has 33 heavy (non-hydrogen) atoms. The Morgan fingerprint density at radius 3 is 2.52 bits per heavy atom. The van der Waals surface area contributed by atoms with Gasteiger partial charge < -0.3 is 14.4 Å². The van der Waals surface area contributed by atoms with E-state index in [1.54, 1.807) is 19.5 Å². The maximum absolute atomic E-state index is 13.9. The van der Waals surface area contributed by atoms with Gasteiger partial charge in [0.05, 0.1) is 13.7 Å². The van der Waals surface area contributed by atoms with Crippen molar-refractivity contribution in [1.29, 1.82) is 0 Å². The molecule has 1 aromatic carbocycles. The lowest BCUT2D eigenvalue weighted by Gasteiger charge is -2.42. The lowest BCUT2D eigenvalue weighted by Crippen LogP contribution is -2.59. The molecule has 170 valence electrons. The van der Waals surface area contributed by atoms with Crippen molar-refractivity contribution in [3.05, 3.63) is 90.0 Å². The first-order valence-electron chi connectivity index (χ1n) is 11.3. The van der Waals surface area contributed by atoms with Crippen LogP contribution in [0.15, 0.2) is 73.3 Å². The fourth-order valence-corrected chi connectivity index (χ4v) is 4.97. The molecule has 1 amide bonds. The molecule has 0 unspecified atom stereocenters. The Morgan fingerprint density at radius 1 is 1.03 bits per heavy atom. The minimum Gasteiger partial charge on any atom is -0.497 e. The maximum Gasteiger partial charge on any atom is 0.257 e. The summed E-state index contributed by atoms with van der Waals surface area (Å²) in [5.41, 5.74) is 2.31. The third kappa shape index (κ3) is 4.34. The van der Waals surface area contributed by atoms with Crippen LogP contribution in [0.25, 0.3) is 0 Å². The van der Waals surface area contributed by atoms with E-state index in [4.69, 9.17) is 9.47 Å². The molecule has 2 saturated heterocycles. The summed E-state index contributed by atoms with van der Waals surface area (Å²) in [4.78, 5) is 26.7. The van der Waals surface area contributed by atoms with Gasteiger partial charge in [-0.15, -0.1) is 0 Å². The molecular weight excluding hydrogens is 416 g/mol. The summed E-state index contributed by atoms with van der Waals surface area (Å²) in [6, 6.07) is 16.0. The zero-order valence-corrected chi connectivity index (χ0v) is 18.8. The number of methoxy groups -OCH3 is 1. The number of carbonyl (C=O) groups is 1. The molecular formula is C26H28N4O3. The van der Waals surface area contributed by atoms with E-state index in [9.17, 15) is 4.79 Å². The molecule has 0 saturated carbocycles. The first kappa shape index (κ1) is 21.6. The molecule has 2 atom stereocenters. The summed E-state index contributed by atoms with van der Waals surface area (Å²) in [6.07, 6.45) is 7.19. The molecule has 0 aliphatic carbocycles. The summed E-state index contributed by atoms with van der Waals surface area (Å²) in [5.74, 6) is 0.791. The minimum absolute atomic E-state index is 0.0451. The van der Waals surface area contributed by atoms with Crippen LogP contribution in [-0.4, -0.2) is 64.6 Å². The molecule has 0 radical (unpaired) electrons. The lowest BCUT2D eigenvalue weighted by molar-refractivity contribution is -0.173. The number of hydrogen-bond donors (Lipinski definition) is 0. The fraction of sp³-hybridized carbons (Fsp3) is 0.346. The fourth-order valence-electron chi connectivity index (χ4n) is 4.97. The van der Waals surface area contributed by atoms with Crippen molar-refractivity contribution in [3.8, 4) is 5.75 Å². The Balaban J connectivity index is 1.42. The third-order valence-electron chi connectivity index (χ3n) is 6.58. The second-order valence-electron chi connectivity index (χ2n) is 8.68. The van der Waals surface area contributed by atoms with Crippen molar-refractivity contribution in [1.82, 2.24) is 19.8 Å². The van der Waals surface area contributed by atoms with Crippen LogP contribution < -0.4 is 4.74 Å². The highest BCUT2D eigenvalue weighted by Crippen LogP contribution is 2.42. The molecule has 5 rings (SSSR count). The number of rotatable bonds is 6. The Kier molecular flexibility index (Phi) is 6.07. The van der Waals surface area contributed by atoms with E-state index < -0.39 is 5.60 Å². The SMILES string of the molecule is COc1ccc(CN2C[C@H](c3cccnc3)[C@]3(C2)OCCN(Cc2cccnc2)C3=O)cc1. The van der Waals surface area contributed by atoms with Gasteiger partial charge in [-0.2, -0.15) is 0 Å². The van der Waals surface area contributed by atoms with E-state index in [-0.39, 0.29) is 11.8 Å². The molecule has 1 spiro atoms. The van der Waals surface area contributed by atoms with Gasteiger partial charge in [-0.05, 0) is 41.0 Å². The van der Waals surface area contributed by atoms with Crippen LogP contribution in [0.1, 0.15) is 22.6 Å². The molecule has 0 N–H and O–H groups in total. The van der Waals surface area contributed by atoms with Gasteiger partial charge in [0.25, 0.3) is 5.91 Å². The van der Waals surface area contributed by atoms with Crippen LogP contribution in [0.3, 0.4) is 0 Å². The number of amides is 1. The predicted octanol–water partition coefficient (Wildman–Crippen LogP) is 2.88. The molecule has 7 nitrogen and oxygen atoms in total. The maximum atomic E-state index is 13.9. The van der Waals surface area contributed by atoms with Crippen molar-refractivity contribution in [2.24, 2.45) is 0 Å². The molecule has 7 heteroatoms. The quantitative estimate of drug-likeness (QED) is 0.583. The van der Waals surface area contributed by atoms with E-state index in [0.29, 0.717) is 26.2 Å². The van der Waals surface area contributed by atoms with Crippen molar-refractivity contribution in [3.63, 3.8) is 0 Å². The summed E-state index contributed by atoms with van der Waals surface area (Å²) in [6.45, 7) is 3.63. The number of likely N-dealkylation sites (tertiary alicyclic amines) is 1. The van der Waals surface area contributed by atoms with Crippen LogP contribution in [0.4, 0.5) is 0 Å². The van der Waals surface area contributed by atoms with Crippen molar-refractivity contribution < 1.29 is 14.3 Å². The number of benzene rings is 1. The van der Waals surface area contributed by atoms with Crippen molar-refractivity contribution in [2.45, 2.75) is 24.6 Å². The highest BCUT2D eigenvalue weighted by atomic mass is 16.5. The summed E-state index contributed by atoms with van der Waals surface area (Å²) >= 11 is 0. The summed E-state index contributed by atoms with van der Waals surface area (Å²) in [5, 5.41) is 0. The number of pyridine rings is 2. The Bertz CT molecular complexity index is 1080. The predicted molar refractivity (Wildman–Crippen MR) is 124 cm³/mol. The molecule has 0 bridgehead atoms. The zero-order chi connectivity index (χ0) is 22.7. The van der Waals surface area contributed by atoms with Crippen LogP contribution in [0.5, 0.6) is 5.75 Å².